The van der Waals surface area contributed by atoms with Gasteiger partial charge in [0.05, 0.1) is 29.6 Å². The molecular formula is C16H25N3O3. The second-order valence-electron chi connectivity index (χ2n) is 6.62. The Hall–Kier alpha value is -1.53. The van der Waals surface area contributed by atoms with Crippen LogP contribution in [-0.2, 0) is 9.47 Å². The van der Waals surface area contributed by atoms with E-state index < -0.39 is 5.60 Å². The zero-order valence-corrected chi connectivity index (χ0v) is 14.0. The molecule has 1 saturated heterocycles. The van der Waals surface area contributed by atoms with Crippen LogP contribution in [0.5, 0.6) is 0 Å². The molecule has 22 heavy (non-hydrogen) atoms. The number of carbonyl (C=O) groups is 1. The van der Waals surface area contributed by atoms with Crippen LogP contribution in [0, 0.1) is 0 Å². The minimum absolute atomic E-state index is 0.0400. The van der Waals surface area contributed by atoms with Crippen LogP contribution in [0.3, 0.4) is 0 Å². The molecule has 1 aromatic heterocycles. The minimum Gasteiger partial charge on any atom is -0.382 e. The summed E-state index contributed by atoms with van der Waals surface area (Å²) < 4.78 is 11.1. The Labute approximate surface area is 131 Å². The van der Waals surface area contributed by atoms with Crippen LogP contribution < -0.4 is 0 Å². The van der Waals surface area contributed by atoms with Gasteiger partial charge in [0.15, 0.2) is 0 Å². The average Bonchev–Trinajstić information content (AvgIpc) is 2.45. The molecule has 1 atom stereocenters. The molecule has 0 spiro atoms. The van der Waals surface area contributed by atoms with E-state index in [0.29, 0.717) is 25.3 Å². The van der Waals surface area contributed by atoms with E-state index in [1.54, 1.807) is 13.3 Å². The summed E-state index contributed by atoms with van der Waals surface area (Å²) in [6.07, 6.45) is 2.98. The van der Waals surface area contributed by atoms with Gasteiger partial charge in [-0.15, -0.1) is 0 Å². The molecule has 0 aromatic carbocycles. The number of nitrogens with zero attached hydrogens (tertiary/aromatic N) is 3. The Kier molecular flexibility index (Phi) is 5.13. The molecule has 1 aromatic rings. The predicted molar refractivity (Wildman–Crippen MR) is 82.9 cm³/mol. The van der Waals surface area contributed by atoms with Crippen molar-refractivity contribution < 1.29 is 14.3 Å². The smallest absolute Gasteiger partial charge is 0.257 e. The molecule has 0 N–H and O–H groups in total. The van der Waals surface area contributed by atoms with Gasteiger partial charge in [0.1, 0.15) is 6.33 Å². The van der Waals surface area contributed by atoms with E-state index in [2.05, 4.69) is 9.97 Å². The SMILES string of the molecule is COCC1CN(C(=O)c2cncnc2C(C)C)CC(C)(C)O1. The van der Waals surface area contributed by atoms with Gasteiger partial charge in [0.2, 0.25) is 0 Å². The summed E-state index contributed by atoms with van der Waals surface area (Å²) in [5, 5.41) is 0. The first kappa shape index (κ1) is 16.8. The third-order valence-corrected chi connectivity index (χ3v) is 3.64. The van der Waals surface area contributed by atoms with Crippen molar-refractivity contribution in [3.63, 3.8) is 0 Å². The zero-order valence-electron chi connectivity index (χ0n) is 14.0. The maximum Gasteiger partial charge on any atom is 0.257 e. The van der Waals surface area contributed by atoms with E-state index >= 15 is 0 Å². The first-order chi connectivity index (χ1) is 10.3. The van der Waals surface area contributed by atoms with Crippen LogP contribution in [0.4, 0.5) is 0 Å². The fourth-order valence-corrected chi connectivity index (χ4v) is 2.86. The van der Waals surface area contributed by atoms with Crippen LogP contribution in [-0.4, -0.2) is 59.3 Å². The Morgan fingerprint density at radius 1 is 1.55 bits per heavy atom. The molecule has 122 valence electrons. The van der Waals surface area contributed by atoms with Gasteiger partial charge in [-0.1, -0.05) is 13.8 Å². The van der Waals surface area contributed by atoms with Gasteiger partial charge in [-0.2, -0.15) is 0 Å². The standard InChI is InChI=1S/C16H25N3O3/c1-11(2)14-13(6-17-10-18-14)15(20)19-7-12(8-21-5)22-16(3,4)9-19/h6,10-12H,7-9H2,1-5H3. The van der Waals surface area contributed by atoms with Crippen molar-refractivity contribution in [2.75, 3.05) is 26.8 Å². The fraction of sp³-hybridized carbons (Fsp3) is 0.688. The number of carbonyl (C=O) groups excluding carboxylic acids is 1. The van der Waals surface area contributed by atoms with Crippen LogP contribution >= 0.6 is 0 Å². The summed E-state index contributed by atoms with van der Waals surface area (Å²) >= 11 is 0. The highest BCUT2D eigenvalue weighted by atomic mass is 16.5. The van der Waals surface area contributed by atoms with Crippen molar-refractivity contribution in [3.05, 3.63) is 23.8 Å². The highest BCUT2D eigenvalue weighted by Gasteiger charge is 2.36. The van der Waals surface area contributed by atoms with Gasteiger partial charge in [-0.05, 0) is 19.8 Å². The maximum atomic E-state index is 12.9. The highest BCUT2D eigenvalue weighted by molar-refractivity contribution is 5.95. The van der Waals surface area contributed by atoms with Crippen molar-refractivity contribution in [2.45, 2.75) is 45.3 Å². The Balaban J connectivity index is 2.25. The van der Waals surface area contributed by atoms with E-state index in [1.807, 2.05) is 32.6 Å². The molecule has 1 aliphatic rings. The summed E-state index contributed by atoms with van der Waals surface area (Å²) in [4.78, 5) is 23.0. The number of hydrogen-bond acceptors (Lipinski definition) is 5. The van der Waals surface area contributed by atoms with Crippen LogP contribution in [0.2, 0.25) is 0 Å². The quantitative estimate of drug-likeness (QED) is 0.849. The second kappa shape index (κ2) is 6.71. The van der Waals surface area contributed by atoms with E-state index in [1.165, 1.54) is 6.33 Å². The van der Waals surface area contributed by atoms with E-state index in [0.717, 1.165) is 5.69 Å². The van der Waals surface area contributed by atoms with Gasteiger partial charge >= 0.3 is 0 Å². The molecule has 0 saturated carbocycles. The van der Waals surface area contributed by atoms with E-state index in [9.17, 15) is 4.79 Å². The Morgan fingerprint density at radius 2 is 2.27 bits per heavy atom. The number of hydrogen-bond donors (Lipinski definition) is 0. The molecule has 0 bridgehead atoms. The molecule has 2 rings (SSSR count). The Bertz CT molecular complexity index is 531. The van der Waals surface area contributed by atoms with Crippen LogP contribution in [0.15, 0.2) is 12.5 Å². The summed E-state index contributed by atoms with van der Waals surface area (Å²) in [6.45, 7) is 9.54. The fourth-order valence-electron chi connectivity index (χ4n) is 2.86. The first-order valence-electron chi connectivity index (χ1n) is 7.60. The monoisotopic (exact) mass is 307 g/mol. The lowest BCUT2D eigenvalue weighted by Crippen LogP contribution is -2.55. The molecule has 6 heteroatoms. The number of methoxy groups -OCH3 is 1. The largest absolute Gasteiger partial charge is 0.382 e. The van der Waals surface area contributed by atoms with Crippen molar-refractivity contribution in [1.82, 2.24) is 14.9 Å². The van der Waals surface area contributed by atoms with Gasteiger partial charge in [0.25, 0.3) is 5.91 Å². The number of amides is 1. The lowest BCUT2D eigenvalue weighted by atomic mass is 10.0. The minimum atomic E-state index is -0.398. The summed E-state index contributed by atoms with van der Waals surface area (Å²) in [7, 11) is 1.64. The molecule has 6 nitrogen and oxygen atoms in total. The van der Waals surface area contributed by atoms with Crippen molar-refractivity contribution in [3.8, 4) is 0 Å². The maximum absolute atomic E-state index is 12.9. The third kappa shape index (κ3) is 3.81. The van der Waals surface area contributed by atoms with Crippen molar-refractivity contribution in [1.29, 1.82) is 0 Å². The van der Waals surface area contributed by atoms with Gasteiger partial charge in [0, 0.05) is 26.4 Å². The summed E-state index contributed by atoms with van der Waals surface area (Å²) in [6, 6.07) is 0. The van der Waals surface area contributed by atoms with Gasteiger partial charge in [-0.25, -0.2) is 9.97 Å². The molecule has 1 amide bonds. The van der Waals surface area contributed by atoms with Crippen LogP contribution in [0.1, 0.15) is 49.7 Å². The lowest BCUT2D eigenvalue weighted by molar-refractivity contribution is -0.143. The molecule has 0 radical (unpaired) electrons. The third-order valence-electron chi connectivity index (χ3n) is 3.64. The molecule has 2 heterocycles. The predicted octanol–water partition coefficient (Wildman–Crippen LogP) is 1.87. The molecule has 1 fully saturated rings. The topological polar surface area (TPSA) is 64.5 Å². The van der Waals surface area contributed by atoms with E-state index in [-0.39, 0.29) is 17.9 Å². The van der Waals surface area contributed by atoms with Crippen molar-refractivity contribution in [2.24, 2.45) is 0 Å². The van der Waals surface area contributed by atoms with Crippen molar-refractivity contribution >= 4 is 5.91 Å². The number of ether oxygens (including phenoxy) is 2. The summed E-state index contributed by atoms with van der Waals surface area (Å²) in [5.74, 6) is 0.132. The first-order valence-corrected chi connectivity index (χ1v) is 7.60. The zero-order chi connectivity index (χ0) is 16.3. The van der Waals surface area contributed by atoms with Gasteiger partial charge < -0.3 is 14.4 Å². The average molecular weight is 307 g/mol. The molecular weight excluding hydrogens is 282 g/mol. The molecule has 1 aliphatic heterocycles. The second-order valence-corrected chi connectivity index (χ2v) is 6.62. The van der Waals surface area contributed by atoms with E-state index in [4.69, 9.17) is 9.47 Å². The van der Waals surface area contributed by atoms with Gasteiger partial charge in [-0.3, -0.25) is 4.79 Å². The molecule has 1 unspecified atom stereocenters. The number of aromatic nitrogens is 2. The molecule has 0 aliphatic carbocycles. The van der Waals surface area contributed by atoms with Crippen LogP contribution in [0.25, 0.3) is 0 Å². The number of rotatable bonds is 4. The summed E-state index contributed by atoms with van der Waals surface area (Å²) in [5.41, 5.74) is 0.962. The highest BCUT2D eigenvalue weighted by Crippen LogP contribution is 2.24. The normalized spacial score (nSPS) is 21.2. The number of morpholine rings is 1. The lowest BCUT2D eigenvalue weighted by Gasteiger charge is -2.42. The Morgan fingerprint density at radius 3 is 2.91 bits per heavy atom.